The first-order valence-electron chi connectivity index (χ1n) is 6.32. The van der Waals surface area contributed by atoms with Crippen molar-refractivity contribution in [3.05, 3.63) is 29.3 Å². The van der Waals surface area contributed by atoms with E-state index < -0.39 is 23.5 Å². The van der Waals surface area contributed by atoms with Gasteiger partial charge in [-0.25, -0.2) is 4.79 Å². The van der Waals surface area contributed by atoms with Gasteiger partial charge in [-0.15, -0.1) is 0 Å². The van der Waals surface area contributed by atoms with E-state index >= 15 is 0 Å². The van der Waals surface area contributed by atoms with Crippen LogP contribution < -0.4 is 16.0 Å². The van der Waals surface area contributed by atoms with E-state index in [1.165, 1.54) is 0 Å². The molecule has 1 atom stereocenters. The number of benzene rings is 1. The van der Waals surface area contributed by atoms with Crippen molar-refractivity contribution in [1.29, 1.82) is 0 Å². The second kappa shape index (κ2) is 6.61. The largest absolute Gasteiger partial charge is 0.374 e. The summed E-state index contributed by atoms with van der Waals surface area (Å²) in [6.45, 7) is 7.19. The van der Waals surface area contributed by atoms with Crippen molar-refractivity contribution in [3.63, 3.8) is 0 Å². The van der Waals surface area contributed by atoms with Crippen LogP contribution in [0.4, 0.5) is 10.5 Å². The van der Waals surface area contributed by atoms with Crippen LogP contribution in [0.3, 0.4) is 0 Å². The molecular weight excluding hydrogens is 278 g/mol. The van der Waals surface area contributed by atoms with Crippen LogP contribution in [0.15, 0.2) is 24.3 Å². The Morgan fingerprint density at radius 2 is 1.70 bits per heavy atom. The number of carbonyl (C=O) groups excluding carboxylic acids is 2. The molecule has 0 heterocycles. The zero-order chi connectivity index (χ0) is 15.3. The topological polar surface area (TPSA) is 70.2 Å². The van der Waals surface area contributed by atoms with Gasteiger partial charge in [0.05, 0.1) is 0 Å². The van der Waals surface area contributed by atoms with E-state index in [1.807, 2.05) is 20.8 Å². The van der Waals surface area contributed by atoms with Crippen LogP contribution in [0, 0.1) is 0 Å². The fourth-order valence-electron chi connectivity index (χ4n) is 1.45. The van der Waals surface area contributed by atoms with Crippen LogP contribution in [-0.4, -0.2) is 23.5 Å². The van der Waals surface area contributed by atoms with Gasteiger partial charge < -0.3 is 10.6 Å². The molecule has 1 rings (SSSR count). The van der Waals surface area contributed by atoms with Crippen LogP contribution in [0.2, 0.25) is 5.02 Å². The van der Waals surface area contributed by atoms with Crippen molar-refractivity contribution in [2.24, 2.45) is 0 Å². The van der Waals surface area contributed by atoms with E-state index in [0.29, 0.717) is 5.02 Å². The molecule has 0 saturated carbocycles. The highest BCUT2D eigenvalue weighted by molar-refractivity contribution is 6.30. The molecule has 6 heteroatoms. The van der Waals surface area contributed by atoms with Crippen molar-refractivity contribution in [2.45, 2.75) is 39.3 Å². The predicted octanol–water partition coefficient (Wildman–Crippen LogP) is 2.76. The highest BCUT2D eigenvalue weighted by atomic mass is 35.5. The van der Waals surface area contributed by atoms with Gasteiger partial charge in [-0.3, -0.25) is 10.1 Å². The van der Waals surface area contributed by atoms with Crippen molar-refractivity contribution in [1.82, 2.24) is 10.6 Å². The van der Waals surface area contributed by atoms with Crippen LogP contribution >= 0.6 is 11.6 Å². The zero-order valence-electron chi connectivity index (χ0n) is 12.1. The minimum absolute atomic E-state index is 0.392. The lowest BCUT2D eigenvalue weighted by Crippen LogP contribution is -2.51. The maximum atomic E-state index is 11.9. The van der Waals surface area contributed by atoms with Crippen molar-refractivity contribution in [3.8, 4) is 0 Å². The Balaban J connectivity index is 2.51. The normalized spacial score (nSPS) is 12.4. The molecule has 1 aromatic rings. The molecule has 1 unspecified atom stereocenters. The number of rotatable bonds is 3. The van der Waals surface area contributed by atoms with Gasteiger partial charge in [-0.2, -0.15) is 0 Å². The quantitative estimate of drug-likeness (QED) is 0.803. The molecule has 3 N–H and O–H groups in total. The monoisotopic (exact) mass is 297 g/mol. The molecule has 0 spiro atoms. The summed E-state index contributed by atoms with van der Waals surface area (Å²) in [6, 6.07) is 5.93. The van der Waals surface area contributed by atoms with Gasteiger partial charge in [0.2, 0.25) is 5.91 Å². The first-order chi connectivity index (χ1) is 9.17. The number of anilines is 1. The summed E-state index contributed by atoms with van der Waals surface area (Å²) in [6.07, 6.45) is 0. The molecule has 20 heavy (non-hydrogen) atoms. The summed E-state index contributed by atoms with van der Waals surface area (Å²) >= 11 is 5.78. The number of amides is 3. The van der Waals surface area contributed by atoms with Gasteiger partial charge in [0.25, 0.3) is 0 Å². The Labute approximate surface area is 124 Å². The molecule has 1 aromatic carbocycles. The minimum Gasteiger partial charge on any atom is -0.374 e. The van der Waals surface area contributed by atoms with Gasteiger partial charge in [0, 0.05) is 16.2 Å². The van der Waals surface area contributed by atoms with Crippen LogP contribution in [0.25, 0.3) is 0 Å². The van der Waals surface area contributed by atoms with Gasteiger partial charge in [-0.05, 0) is 52.0 Å². The fraction of sp³-hybridized carbons (Fsp3) is 0.429. The highest BCUT2D eigenvalue weighted by Gasteiger charge is 2.19. The van der Waals surface area contributed by atoms with Crippen molar-refractivity contribution >= 4 is 29.2 Å². The molecular formula is C14H20ClN3O2. The first-order valence-corrected chi connectivity index (χ1v) is 6.70. The minimum atomic E-state index is -0.540. The molecule has 0 bridgehead atoms. The van der Waals surface area contributed by atoms with E-state index in [1.54, 1.807) is 31.2 Å². The molecule has 0 radical (unpaired) electrons. The Kier molecular flexibility index (Phi) is 5.39. The third-order valence-electron chi connectivity index (χ3n) is 2.35. The number of halogens is 1. The summed E-state index contributed by atoms with van der Waals surface area (Å²) < 4.78 is 0. The average Bonchev–Trinajstić information content (AvgIpc) is 2.29. The fourth-order valence-corrected chi connectivity index (χ4v) is 1.58. The van der Waals surface area contributed by atoms with Crippen LogP contribution in [-0.2, 0) is 4.79 Å². The van der Waals surface area contributed by atoms with Crippen LogP contribution in [0.1, 0.15) is 27.7 Å². The van der Waals surface area contributed by atoms with Gasteiger partial charge in [0.15, 0.2) is 0 Å². The molecule has 110 valence electrons. The predicted molar refractivity (Wildman–Crippen MR) is 81.0 cm³/mol. The van der Waals surface area contributed by atoms with E-state index in [0.717, 1.165) is 5.69 Å². The first kappa shape index (κ1) is 16.3. The average molecular weight is 298 g/mol. The standard InChI is InChI=1S/C14H20ClN3O2/c1-9(16-11-7-5-10(15)6-8-11)12(19)17-13(20)18-14(2,3)4/h5-9,16H,1-4H3,(H2,17,18,19,20). The van der Waals surface area contributed by atoms with Gasteiger partial charge >= 0.3 is 6.03 Å². The van der Waals surface area contributed by atoms with Crippen molar-refractivity contribution < 1.29 is 9.59 Å². The van der Waals surface area contributed by atoms with E-state index in [9.17, 15) is 9.59 Å². The summed E-state index contributed by atoms with van der Waals surface area (Å²) in [5.41, 5.74) is 0.366. The molecule has 5 nitrogen and oxygen atoms in total. The lowest BCUT2D eigenvalue weighted by Gasteiger charge is -2.21. The zero-order valence-corrected chi connectivity index (χ0v) is 12.8. The third-order valence-corrected chi connectivity index (χ3v) is 2.60. The molecule has 0 aliphatic rings. The number of hydrogen-bond acceptors (Lipinski definition) is 3. The number of imide groups is 1. The molecule has 3 amide bonds. The Morgan fingerprint density at radius 1 is 1.15 bits per heavy atom. The van der Waals surface area contributed by atoms with E-state index in [2.05, 4.69) is 16.0 Å². The van der Waals surface area contributed by atoms with Gasteiger partial charge in [-0.1, -0.05) is 11.6 Å². The summed E-state index contributed by atoms with van der Waals surface area (Å²) in [5.74, 6) is -0.401. The SMILES string of the molecule is CC(Nc1ccc(Cl)cc1)C(=O)NC(=O)NC(C)(C)C. The Hall–Kier alpha value is -1.75. The third kappa shape index (κ3) is 5.93. The highest BCUT2D eigenvalue weighted by Crippen LogP contribution is 2.14. The molecule has 0 aliphatic carbocycles. The smallest absolute Gasteiger partial charge is 0.321 e. The van der Waals surface area contributed by atoms with E-state index in [4.69, 9.17) is 11.6 Å². The molecule has 0 fully saturated rings. The second-order valence-electron chi connectivity index (χ2n) is 5.57. The number of nitrogens with one attached hydrogen (secondary N) is 3. The number of hydrogen-bond donors (Lipinski definition) is 3. The maximum Gasteiger partial charge on any atom is 0.321 e. The molecule has 0 saturated heterocycles. The Morgan fingerprint density at radius 3 is 2.20 bits per heavy atom. The number of urea groups is 1. The summed E-state index contributed by atoms with van der Waals surface area (Å²) in [4.78, 5) is 23.4. The molecule has 0 aliphatic heterocycles. The lowest BCUT2D eigenvalue weighted by molar-refractivity contribution is -0.120. The second-order valence-corrected chi connectivity index (χ2v) is 6.00. The molecule has 0 aromatic heterocycles. The summed E-state index contributed by atoms with van der Waals surface area (Å²) in [7, 11) is 0. The van der Waals surface area contributed by atoms with Crippen molar-refractivity contribution in [2.75, 3.05) is 5.32 Å². The maximum absolute atomic E-state index is 11.9. The van der Waals surface area contributed by atoms with E-state index in [-0.39, 0.29) is 0 Å². The lowest BCUT2D eigenvalue weighted by atomic mass is 10.1. The Bertz CT molecular complexity index is 480. The van der Waals surface area contributed by atoms with Gasteiger partial charge in [0.1, 0.15) is 6.04 Å². The summed E-state index contributed by atoms with van der Waals surface area (Å²) in [5, 5.41) is 8.56. The van der Waals surface area contributed by atoms with Crippen LogP contribution in [0.5, 0.6) is 0 Å². The number of carbonyl (C=O) groups is 2.